The molecular weight excluding hydrogens is 266 g/mol. The number of aliphatic carboxylic acids is 1. The van der Waals surface area contributed by atoms with Gasteiger partial charge in [0.1, 0.15) is 0 Å². The standard InChI is InChI=1S/C13H15NO4S/c15-11(14-8-3-4-19-13(8)18)9-6-1-2-7(5-6)10(9)12(16)17/h1-2,6-10H,3-5H2,(H,14,15)(H,16,17)/t6-,7+,8+,9-,10-/m0/s1. The number of rotatable bonds is 3. The van der Waals surface area contributed by atoms with Crippen molar-refractivity contribution in [1.82, 2.24) is 5.32 Å². The molecule has 1 amide bonds. The van der Waals surface area contributed by atoms with E-state index in [1.807, 2.05) is 12.2 Å². The average Bonchev–Trinajstić information content (AvgIpc) is 3.04. The molecule has 3 aliphatic rings. The monoisotopic (exact) mass is 281 g/mol. The van der Waals surface area contributed by atoms with Crippen LogP contribution >= 0.6 is 11.8 Å². The van der Waals surface area contributed by atoms with Crippen molar-refractivity contribution >= 4 is 28.8 Å². The lowest BCUT2D eigenvalue weighted by Crippen LogP contribution is -2.45. The Balaban J connectivity index is 1.73. The summed E-state index contributed by atoms with van der Waals surface area (Å²) < 4.78 is 0. The second-order valence-electron chi connectivity index (χ2n) is 5.36. The van der Waals surface area contributed by atoms with Crippen molar-refractivity contribution in [2.45, 2.75) is 18.9 Å². The Bertz CT molecular complexity index is 475. The van der Waals surface area contributed by atoms with Gasteiger partial charge in [0, 0.05) is 5.75 Å². The number of amides is 1. The molecule has 102 valence electrons. The molecule has 1 aliphatic heterocycles. The number of hydrogen-bond donors (Lipinski definition) is 2. The predicted molar refractivity (Wildman–Crippen MR) is 69.4 cm³/mol. The molecule has 5 nitrogen and oxygen atoms in total. The minimum absolute atomic E-state index is 0.00950. The molecule has 2 aliphatic carbocycles. The molecule has 19 heavy (non-hydrogen) atoms. The number of carboxylic acid groups (broad SMARTS) is 1. The van der Waals surface area contributed by atoms with Crippen LogP contribution in [0.25, 0.3) is 0 Å². The van der Waals surface area contributed by atoms with Gasteiger partial charge in [0.15, 0.2) is 0 Å². The molecule has 1 heterocycles. The van der Waals surface area contributed by atoms with E-state index in [4.69, 9.17) is 0 Å². The van der Waals surface area contributed by atoms with Crippen molar-refractivity contribution in [2.24, 2.45) is 23.7 Å². The molecule has 1 saturated carbocycles. The number of carbonyl (C=O) groups excluding carboxylic acids is 2. The fourth-order valence-electron chi connectivity index (χ4n) is 3.41. The Morgan fingerprint density at radius 3 is 2.53 bits per heavy atom. The van der Waals surface area contributed by atoms with Gasteiger partial charge in [-0.1, -0.05) is 23.9 Å². The Labute approximate surface area is 114 Å². The molecule has 6 heteroatoms. The van der Waals surface area contributed by atoms with E-state index in [-0.39, 0.29) is 22.9 Å². The van der Waals surface area contributed by atoms with Gasteiger partial charge in [0.2, 0.25) is 11.0 Å². The summed E-state index contributed by atoms with van der Waals surface area (Å²) in [5, 5.41) is 12.0. The van der Waals surface area contributed by atoms with Gasteiger partial charge in [-0.3, -0.25) is 14.4 Å². The van der Waals surface area contributed by atoms with Crippen molar-refractivity contribution in [1.29, 1.82) is 0 Å². The summed E-state index contributed by atoms with van der Waals surface area (Å²) in [6.45, 7) is 0. The Morgan fingerprint density at radius 1 is 1.26 bits per heavy atom. The summed E-state index contributed by atoms with van der Waals surface area (Å²) in [5.41, 5.74) is 0. The van der Waals surface area contributed by atoms with Crippen LogP contribution in [-0.4, -0.2) is 33.9 Å². The summed E-state index contributed by atoms with van der Waals surface area (Å²) in [4.78, 5) is 35.1. The summed E-state index contributed by atoms with van der Waals surface area (Å²) in [6, 6.07) is -0.435. The van der Waals surface area contributed by atoms with Crippen molar-refractivity contribution in [3.8, 4) is 0 Å². The third kappa shape index (κ3) is 2.08. The van der Waals surface area contributed by atoms with E-state index in [1.165, 1.54) is 11.8 Å². The molecular formula is C13H15NO4S. The van der Waals surface area contributed by atoms with E-state index >= 15 is 0 Å². The fraction of sp³-hybridized carbons (Fsp3) is 0.615. The van der Waals surface area contributed by atoms with Crippen LogP contribution in [0, 0.1) is 23.7 Å². The van der Waals surface area contributed by atoms with Crippen LogP contribution < -0.4 is 5.32 Å². The predicted octanol–water partition coefficient (Wildman–Crippen LogP) is 0.658. The van der Waals surface area contributed by atoms with Gasteiger partial charge in [0.05, 0.1) is 17.9 Å². The zero-order chi connectivity index (χ0) is 13.6. The normalized spacial score (nSPS) is 39.8. The minimum Gasteiger partial charge on any atom is -0.481 e. The van der Waals surface area contributed by atoms with E-state index in [0.717, 1.165) is 12.2 Å². The molecule has 2 bridgehead atoms. The second-order valence-corrected chi connectivity index (χ2v) is 6.45. The number of nitrogens with one attached hydrogen (secondary N) is 1. The third-order valence-corrected chi connectivity index (χ3v) is 5.31. The average molecular weight is 281 g/mol. The third-order valence-electron chi connectivity index (χ3n) is 4.30. The minimum atomic E-state index is -0.913. The lowest BCUT2D eigenvalue weighted by atomic mass is 9.82. The first-order valence-corrected chi connectivity index (χ1v) is 7.44. The van der Waals surface area contributed by atoms with Crippen LogP contribution in [0.2, 0.25) is 0 Å². The zero-order valence-electron chi connectivity index (χ0n) is 10.2. The number of hydrogen-bond acceptors (Lipinski definition) is 4. The molecule has 0 aromatic carbocycles. The maximum absolute atomic E-state index is 12.3. The van der Waals surface area contributed by atoms with Crippen molar-refractivity contribution in [3.05, 3.63) is 12.2 Å². The van der Waals surface area contributed by atoms with Crippen molar-refractivity contribution in [2.75, 3.05) is 5.75 Å². The van der Waals surface area contributed by atoms with Gasteiger partial charge in [-0.2, -0.15) is 0 Å². The van der Waals surface area contributed by atoms with Crippen molar-refractivity contribution in [3.63, 3.8) is 0 Å². The maximum atomic E-state index is 12.3. The zero-order valence-corrected chi connectivity index (χ0v) is 11.1. The van der Waals surface area contributed by atoms with Crippen LogP contribution in [0.1, 0.15) is 12.8 Å². The quantitative estimate of drug-likeness (QED) is 0.742. The van der Waals surface area contributed by atoms with E-state index in [0.29, 0.717) is 6.42 Å². The van der Waals surface area contributed by atoms with Gasteiger partial charge >= 0.3 is 5.97 Å². The number of carbonyl (C=O) groups is 3. The topological polar surface area (TPSA) is 83.5 Å². The molecule has 1 saturated heterocycles. The van der Waals surface area contributed by atoms with Gasteiger partial charge < -0.3 is 10.4 Å². The highest BCUT2D eigenvalue weighted by Gasteiger charge is 2.52. The second kappa shape index (κ2) is 4.67. The first kappa shape index (κ1) is 12.7. The lowest BCUT2D eigenvalue weighted by Gasteiger charge is -2.25. The van der Waals surface area contributed by atoms with Gasteiger partial charge in [0.25, 0.3) is 0 Å². The molecule has 0 unspecified atom stereocenters. The van der Waals surface area contributed by atoms with Crippen LogP contribution in [0.5, 0.6) is 0 Å². The molecule has 0 spiro atoms. The lowest BCUT2D eigenvalue weighted by molar-refractivity contribution is -0.148. The molecule has 3 rings (SSSR count). The van der Waals surface area contributed by atoms with Gasteiger partial charge in [-0.05, 0) is 24.7 Å². The number of thioether (sulfide) groups is 1. The van der Waals surface area contributed by atoms with E-state index < -0.39 is 23.8 Å². The Kier molecular flexibility index (Phi) is 3.12. The molecule has 2 N–H and O–H groups in total. The highest BCUT2D eigenvalue weighted by molar-refractivity contribution is 8.14. The van der Waals surface area contributed by atoms with Crippen LogP contribution in [0.15, 0.2) is 12.2 Å². The Hall–Kier alpha value is -1.30. The smallest absolute Gasteiger partial charge is 0.307 e. The molecule has 2 fully saturated rings. The summed E-state index contributed by atoms with van der Waals surface area (Å²) >= 11 is 1.23. The van der Waals surface area contributed by atoms with E-state index in [2.05, 4.69) is 5.32 Å². The van der Waals surface area contributed by atoms with E-state index in [9.17, 15) is 19.5 Å². The molecule has 0 radical (unpaired) electrons. The summed E-state index contributed by atoms with van der Waals surface area (Å²) in [6.07, 6.45) is 5.23. The van der Waals surface area contributed by atoms with Crippen LogP contribution in [0.3, 0.4) is 0 Å². The van der Waals surface area contributed by atoms with E-state index in [1.54, 1.807) is 0 Å². The number of carboxylic acids is 1. The summed E-state index contributed by atoms with van der Waals surface area (Å²) in [5.74, 6) is -1.65. The number of allylic oxidation sites excluding steroid dienone is 2. The largest absolute Gasteiger partial charge is 0.481 e. The Morgan fingerprint density at radius 2 is 1.95 bits per heavy atom. The van der Waals surface area contributed by atoms with Crippen LogP contribution in [-0.2, 0) is 14.4 Å². The SMILES string of the molecule is O=C(O)[C@@H]1[C@@H](C(=O)N[C@@H]2CCSC2=O)[C@H]2C=C[C@@H]1C2. The summed E-state index contributed by atoms with van der Waals surface area (Å²) in [7, 11) is 0. The number of fused-ring (bicyclic) bond motifs is 2. The maximum Gasteiger partial charge on any atom is 0.307 e. The van der Waals surface area contributed by atoms with Gasteiger partial charge in [-0.15, -0.1) is 0 Å². The molecule has 0 aromatic rings. The molecule has 0 aromatic heterocycles. The highest BCUT2D eigenvalue weighted by atomic mass is 32.2. The first-order valence-electron chi connectivity index (χ1n) is 6.46. The molecule has 5 atom stereocenters. The van der Waals surface area contributed by atoms with Crippen molar-refractivity contribution < 1.29 is 19.5 Å². The van der Waals surface area contributed by atoms with Crippen LogP contribution in [0.4, 0.5) is 0 Å². The highest BCUT2D eigenvalue weighted by Crippen LogP contribution is 2.48. The fourth-order valence-corrected chi connectivity index (χ4v) is 4.34. The first-order chi connectivity index (χ1) is 9.08. The van der Waals surface area contributed by atoms with Gasteiger partial charge in [-0.25, -0.2) is 0 Å².